The third-order valence-corrected chi connectivity index (χ3v) is 3.17. The van der Waals surface area contributed by atoms with Crippen LogP contribution in [0.3, 0.4) is 0 Å². The van der Waals surface area contributed by atoms with E-state index in [1.165, 1.54) is 17.5 Å². The van der Waals surface area contributed by atoms with Crippen LogP contribution in [0.5, 0.6) is 0 Å². The van der Waals surface area contributed by atoms with Gasteiger partial charge in [0.1, 0.15) is 0 Å². The normalized spacial score (nSPS) is 12.0. The molecule has 0 heterocycles. The average Bonchev–Trinajstić information content (AvgIpc) is 2.25. The van der Waals surface area contributed by atoms with Crippen molar-refractivity contribution in [1.82, 2.24) is 5.32 Å². The number of aryl methyl sites for hydroxylation is 1. The van der Waals surface area contributed by atoms with Crippen LogP contribution in [0.4, 0.5) is 5.69 Å². The standard InChI is InChI=1S/C14H22N2S/c1-5-7-11(3)15-14(17)16-13-9-6-8-10(2)12(13)4/h6,8-9,11H,5,7H2,1-4H3,(H2,15,16,17)/t11-/m0/s1. The molecule has 2 N–H and O–H groups in total. The highest BCUT2D eigenvalue weighted by Gasteiger charge is 2.05. The monoisotopic (exact) mass is 250 g/mol. The van der Waals surface area contributed by atoms with Crippen molar-refractivity contribution in [2.75, 3.05) is 5.32 Å². The molecule has 0 bridgehead atoms. The van der Waals surface area contributed by atoms with Crippen molar-refractivity contribution in [3.8, 4) is 0 Å². The van der Waals surface area contributed by atoms with E-state index in [9.17, 15) is 0 Å². The van der Waals surface area contributed by atoms with E-state index in [2.05, 4.69) is 50.5 Å². The Morgan fingerprint density at radius 2 is 2.06 bits per heavy atom. The Morgan fingerprint density at radius 3 is 2.71 bits per heavy atom. The van der Waals surface area contributed by atoms with Crippen molar-refractivity contribution < 1.29 is 0 Å². The fourth-order valence-electron chi connectivity index (χ4n) is 1.77. The van der Waals surface area contributed by atoms with Crippen LogP contribution in [-0.2, 0) is 0 Å². The molecule has 2 nitrogen and oxygen atoms in total. The van der Waals surface area contributed by atoms with Gasteiger partial charge in [-0.15, -0.1) is 0 Å². The van der Waals surface area contributed by atoms with Gasteiger partial charge in [0.25, 0.3) is 0 Å². The van der Waals surface area contributed by atoms with Gasteiger partial charge in [0.2, 0.25) is 0 Å². The van der Waals surface area contributed by atoms with Crippen LogP contribution < -0.4 is 10.6 Å². The number of hydrogen-bond donors (Lipinski definition) is 2. The molecule has 0 unspecified atom stereocenters. The molecule has 1 aromatic carbocycles. The fourth-order valence-corrected chi connectivity index (χ4v) is 2.09. The first-order valence-electron chi connectivity index (χ1n) is 6.18. The Hall–Kier alpha value is -1.09. The highest BCUT2D eigenvalue weighted by molar-refractivity contribution is 7.80. The Labute approximate surface area is 110 Å². The summed E-state index contributed by atoms with van der Waals surface area (Å²) in [7, 11) is 0. The summed E-state index contributed by atoms with van der Waals surface area (Å²) in [6.07, 6.45) is 2.30. The summed E-state index contributed by atoms with van der Waals surface area (Å²) in [5.41, 5.74) is 3.62. The first kappa shape index (κ1) is 14.0. The van der Waals surface area contributed by atoms with Crippen LogP contribution in [0.2, 0.25) is 0 Å². The number of rotatable bonds is 4. The average molecular weight is 250 g/mol. The summed E-state index contributed by atoms with van der Waals surface area (Å²) in [5.74, 6) is 0. The zero-order valence-corrected chi connectivity index (χ0v) is 11.9. The maximum absolute atomic E-state index is 5.31. The molecule has 0 saturated heterocycles. The van der Waals surface area contributed by atoms with Crippen molar-refractivity contribution in [2.45, 2.75) is 46.6 Å². The predicted molar refractivity (Wildman–Crippen MR) is 79.6 cm³/mol. The summed E-state index contributed by atoms with van der Waals surface area (Å²) in [6.45, 7) is 8.55. The molecule has 1 atom stereocenters. The second-order valence-electron chi connectivity index (χ2n) is 4.54. The molecule has 0 aliphatic heterocycles. The lowest BCUT2D eigenvalue weighted by molar-refractivity contribution is 0.599. The van der Waals surface area contributed by atoms with Crippen LogP contribution in [-0.4, -0.2) is 11.2 Å². The maximum Gasteiger partial charge on any atom is 0.170 e. The molecule has 0 aliphatic carbocycles. The number of thiocarbonyl (C=S) groups is 1. The summed E-state index contributed by atoms with van der Waals surface area (Å²) in [6, 6.07) is 6.63. The number of anilines is 1. The summed E-state index contributed by atoms with van der Waals surface area (Å²) in [5, 5.41) is 7.26. The number of nitrogens with one attached hydrogen (secondary N) is 2. The molecule has 0 amide bonds. The minimum absolute atomic E-state index is 0.421. The van der Waals surface area contributed by atoms with E-state index in [0.717, 1.165) is 12.1 Å². The topological polar surface area (TPSA) is 24.1 Å². The Balaban J connectivity index is 2.59. The molecule has 0 spiro atoms. The van der Waals surface area contributed by atoms with Gasteiger partial charge in [-0.25, -0.2) is 0 Å². The number of hydrogen-bond acceptors (Lipinski definition) is 1. The molecule has 0 fully saturated rings. The first-order valence-corrected chi connectivity index (χ1v) is 6.59. The van der Waals surface area contributed by atoms with Gasteiger partial charge in [-0.2, -0.15) is 0 Å². The molecular weight excluding hydrogens is 228 g/mol. The zero-order valence-electron chi connectivity index (χ0n) is 11.1. The van der Waals surface area contributed by atoms with Crippen LogP contribution in [0.15, 0.2) is 18.2 Å². The SMILES string of the molecule is CCC[C@H](C)NC(=S)Nc1cccc(C)c1C. The van der Waals surface area contributed by atoms with E-state index < -0.39 is 0 Å². The Morgan fingerprint density at radius 1 is 1.35 bits per heavy atom. The summed E-state index contributed by atoms with van der Waals surface area (Å²) in [4.78, 5) is 0. The van der Waals surface area contributed by atoms with E-state index in [-0.39, 0.29) is 0 Å². The Kier molecular flexibility index (Phi) is 5.42. The second-order valence-corrected chi connectivity index (χ2v) is 4.94. The van der Waals surface area contributed by atoms with Crippen molar-refractivity contribution >= 4 is 23.0 Å². The quantitative estimate of drug-likeness (QED) is 0.795. The van der Waals surface area contributed by atoms with Gasteiger partial charge in [-0.05, 0) is 56.6 Å². The van der Waals surface area contributed by atoms with Gasteiger partial charge in [-0.3, -0.25) is 0 Å². The zero-order chi connectivity index (χ0) is 12.8. The molecule has 1 aromatic rings. The molecule has 94 valence electrons. The molecule has 17 heavy (non-hydrogen) atoms. The van der Waals surface area contributed by atoms with Crippen molar-refractivity contribution in [3.05, 3.63) is 29.3 Å². The lowest BCUT2D eigenvalue weighted by Crippen LogP contribution is -2.35. The van der Waals surface area contributed by atoms with Crippen LogP contribution >= 0.6 is 12.2 Å². The number of benzene rings is 1. The van der Waals surface area contributed by atoms with Crippen molar-refractivity contribution in [3.63, 3.8) is 0 Å². The third kappa shape index (κ3) is 4.35. The molecule has 0 radical (unpaired) electrons. The molecule has 0 aliphatic rings. The second kappa shape index (κ2) is 6.60. The third-order valence-electron chi connectivity index (χ3n) is 2.95. The lowest BCUT2D eigenvalue weighted by atomic mass is 10.1. The minimum Gasteiger partial charge on any atom is -0.360 e. The molecule has 0 saturated carbocycles. The van der Waals surface area contributed by atoms with Gasteiger partial charge in [-0.1, -0.05) is 25.5 Å². The van der Waals surface area contributed by atoms with Crippen LogP contribution in [0.1, 0.15) is 37.8 Å². The van der Waals surface area contributed by atoms with E-state index in [1.54, 1.807) is 0 Å². The largest absolute Gasteiger partial charge is 0.360 e. The van der Waals surface area contributed by atoms with Crippen LogP contribution in [0.25, 0.3) is 0 Å². The van der Waals surface area contributed by atoms with E-state index in [4.69, 9.17) is 12.2 Å². The molecule has 3 heteroatoms. The minimum atomic E-state index is 0.421. The highest BCUT2D eigenvalue weighted by atomic mass is 32.1. The maximum atomic E-state index is 5.31. The highest BCUT2D eigenvalue weighted by Crippen LogP contribution is 2.17. The van der Waals surface area contributed by atoms with E-state index in [1.807, 2.05) is 6.07 Å². The van der Waals surface area contributed by atoms with Crippen molar-refractivity contribution in [1.29, 1.82) is 0 Å². The van der Waals surface area contributed by atoms with Gasteiger partial charge in [0.05, 0.1) is 0 Å². The molecule has 1 rings (SSSR count). The van der Waals surface area contributed by atoms with Crippen LogP contribution in [0, 0.1) is 13.8 Å². The summed E-state index contributed by atoms with van der Waals surface area (Å²) < 4.78 is 0. The summed E-state index contributed by atoms with van der Waals surface area (Å²) >= 11 is 5.31. The van der Waals surface area contributed by atoms with E-state index >= 15 is 0 Å². The van der Waals surface area contributed by atoms with Gasteiger partial charge in [0.15, 0.2) is 5.11 Å². The van der Waals surface area contributed by atoms with E-state index in [0.29, 0.717) is 11.2 Å². The first-order chi connectivity index (χ1) is 8.04. The van der Waals surface area contributed by atoms with Gasteiger partial charge < -0.3 is 10.6 Å². The van der Waals surface area contributed by atoms with Gasteiger partial charge in [0, 0.05) is 11.7 Å². The van der Waals surface area contributed by atoms with Crippen molar-refractivity contribution in [2.24, 2.45) is 0 Å². The Bertz CT molecular complexity index is 388. The van der Waals surface area contributed by atoms with Gasteiger partial charge >= 0.3 is 0 Å². The lowest BCUT2D eigenvalue weighted by Gasteiger charge is -2.17. The molecule has 0 aromatic heterocycles. The molecular formula is C14H22N2S. The fraction of sp³-hybridized carbons (Fsp3) is 0.500. The smallest absolute Gasteiger partial charge is 0.170 e. The predicted octanol–water partition coefficient (Wildman–Crippen LogP) is 3.78.